The molecule has 4 aliphatic heterocycles. The fourth-order valence-corrected chi connectivity index (χ4v) is 9.95. The Bertz CT molecular complexity index is 1870. The molecule has 1 aromatic carbocycles. The second-order valence-corrected chi connectivity index (χ2v) is 18.0. The SMILES string of the molecule is CC(C)n1cnc2cc(-c3ccc4c(c3)N(C3CC(N5CCCCC5)C3)C(=O)C43CCN(C(=O)OC(C)(C)C)CC3)nc(NC3CC4(COC4)C3)c21. The zero-order valence-corrected chi connectivity index (χ0v) is 31.6. The lowest BCUT2D eigenvalue weighted by molar-refractivity contribution is -0.159. The van der Waals surface area contributed by atoms with Crippen LogP contribution in [0.1, 0.15) is 104 Å². The number of carbonyl (C=O) groups excluding carboxylic acids is 2. The number of carbonyl (C=O) groups is 2. The van der Waals surface area contributed by atoms with E-state index in [4.69, 9.17) is 19.4 Å². The minimum atomic E-state index is -0.645. The van der Waals surface area contributed by atoms with E-state index in [-0.39, 0.29) is 24.1 Å². The summed E-state index contributed by atoms with van der Waals surface area (Å²) in [4.78, 5) is 44.7. The van der Waals surface area contributed by atoms with E-state index in [0.29, 0.717) is 43.4 Å². The predicted octanol–water partition coefficient (Wildman–Crippen LogP) is 6.90. The van der Waals surface area contributed by atoms with E-state index in [1.54, 1.807) is 4.90 Å². The van der Waals surface area contributed by atoms with Gasteiger partial charge in [0.05, 0.1) is 36.2 Å². The highest BCUT2D eigenvalue weighted by molar-refractivity contribution is 6.09. The van der Waals surface area contributed by atoms with Crippen LogP contribution >= 0.6 is 0 Å². The first-order valence-electron chi connectivity index (χ1n) is 19.8. The van der Waals surface area contributed by atoms with E-state index in [9.17, 15) is 9.59 Å². The van der Waals surface area contributed by atoms with Crippen LogP contribution in [0, 0.1) is 5.41 Å². The molecule has 0 unspecified atom stereocenters. The van der Waals surface area contributed by atoms with Crippen LogP contribution in [0.15, 0.2) is 30.6 Å². The normalized spacial score (nSPS) is 25.7. The highest BCUT2D eigenvalue weighted by Crippen LogP contribution is 2.53. The smallest absolute Gasteiger partial charge is 0.410 e. The molecule has 2 saturated carbocycles. The number of likely N-dealkylation sites (tertiary alicyclic amines) is 2. The minimum absolute atomic E-state index is 0.174. The molecule has 0 bridgehead atoms. The first-order chi connectivity index (χ1) is 24.9. The molecule has 2 aliphatic carbocycles. The van der Waals surface area contributed by atoms with Gasteiger partial charge in [0.2, 0.25) is 5.91 Å². The average molecular weight is 710 g/mol. The summed E-state index contributed by atoms with van der Waals surface area (Å²) in [6.45, 7) is 15.1. The number of piperidine rings is 2. The second-order valence-electron chi connectivity index (χ2n) is 18.0. The molecule has 11 nitrogen and oxygen atoms in total. The van der Waals surface area contributed by atoms with Crippen LogP contribution in [-0.4, -0.2) is 99.5 Å². The standard InChI is InChI=1S/C41H55N7O4/c1-26(2)47-25-42-33-20-32(44-36(35(33)47)43-28-21-40(22-28)23-51-24-40)27-9-10-31-34(17-27)48(30-18-29(19-30)45-13-7-6-8-14-45)37(49)41(31)11-15-46(16-12-41)38(50)52-39(3,4)5/h9-10,17,20,25-26,28-30H,6-8,11-16,18-19,21-24H2,1-5H3,(H,43,44). The number of benzene rings is 1. The van der Waals surface area contributed by atoms with Gasteiger partial charge in [0.15, 0.2) is 5.82 Å². The Balaban J connectivity index is 1.05. The van der Waals surface area contributed by atoms with Crippen molar-refractivity contribution in [3.8, 4) is 11.3 Å². The molecule has 2 aromatic heterocycles. The monoisotopic (exact) mass is 709 g/mol. The van der Waals surface area contributed by atoms with E-state index in [0.717, 1.165) is 78.3 Å². The van der Waals surface area contributed by atoms with Gasteiger partial charge in [-0.05, 0) is 117 Å². The van der Waals surface area contributed by atoms with Crippen LogP contribution in [0.25, 0.3) is 22.3 Å². The van der Waals surface area contributed by atoms with Crippen LogP contribution in [-0.2, 0) is 19.7 Å². The Labute approximate surface area is 307 Å². The van der Waals surface area contributed by atoms with Crippen molar-refractivity contribution in [2.45, 2.75) is 128 Å². The third kappa shape index (κ3) is 5.68. The van der Waals surface area contributed by atoms with Crippen molar-refractivity contribution >= 4 is 34.5 Å². The average Bonchev–Trinajstić information content (AvgIpc) is 3.59. The molecule has 5 fully saturated rings. The summed E-state index contributed by atoms with van der Waals surface area (Å²) < 4.78 is 13.5. The summed E-state index contributed by atoms with van der Waals surface area (Å²) >= 11 is 0. The van der Waals surface area contributed by atoms with Crippen LogP contribution in [0.5, 0.6) is 0 Å². The van der Waals surface area contributed by atoms with Crippen molar-refractivity contribution in [3.63, 3.8) is 0 Å². The Kier molecular flexibility index (Phi) is 8.15. The number of nitrogens with one attached hydrogen (secondary N) is 1. The fraction of sp³-hybridized carbons (Fsp3) is 0.659. The van der Waals surface area contributed by atoms with Crippen molar-refractivity contribution in [3.05, 3.63) is 36.2 Å². The number of rotatable bonds is 6. The van der Waals surface area contributed by atoms with Gasteiger partial charge in [-0.3, -0.25) is 4.79 Å². The van der Waals surface area contributed by atoms with Gasteiger partial charge < -0.3 is 34.1 Å². The molecular weight excluding hydrogens is 654 g/mol. The maximum atomic E-state index is 14.9. The molecule has 3 saturated heterocycles. The summed E-state index contributed by atoms with van der Waals surface area (Å²) in [5, 5.41) is 3.81. The maximum absolute atomic E-state index is 14.9. The van der Waals surface area contributed by atoms with Crippen molar-refractivity contribution in [1.29, 1.82) is 0 Å². The second kappa shape index (κ2) is 12.4. The molecule has 3 aromatic rings. The molecule has 2 spiro atoms. The topological polar surface area (TPSA) is 105 Å². The molecule has 2 amide bonds. The van der Waals surface area contributed by atoms with Gasteiger partial charge >= 0.3 is 6.09 Å². The lowest BCUT2D eigenvalue weighted by Gasteiger charge is -2.53. The Hall–Kier alpha value is -3.70. The molecule has 1 N–H and O–H groups in total. The number of amides is 2. The van der Waals surface area contributed by atoms with Crippen molar-refractivity contribution in [1.82, 2.24) is 24.3 Å². The number of nitrogens with zero attached hydrogens (tertiary/aromatic N) is 6. The molecule has 11 heteroatoms. The van der Waals surface area contributed by atoms with Crippen LogP contribution in [0.4, 0.5) is 16.3 Å². The van der Waals surface area contributed by atoms with Crippen LogP contribution < -0.4 is 10.2 Å². The molecule has 6 aliphatic rings. The molecule has 9 rings (SSSR count). The van der Waals surface area contributed by atoms with Gasteiger partial charge in [-0.25, -0.2) is 14.8 Å². The largest absolute Gasteiger partial charge is 0.444 e. The van der Waals surface area contributed by atoms with Crippen LogP contribution in [0.3, 0.4) is 0 Å². The molecule has 6 heterocycles. The quantitative estimate of drug-likeness (QED) is 0.295. The summed E-state index contributed by atoms with van der Waals surface area (Å²) in [7, 11) is 0. The third-order valence-corrected chi connectivity index (χ3v) is 13.0. The molecule has 52 heavy (non-hydrogen) atoms. The third-order valence-electron chi connectivity index (χ3n) is 13.0. The zero-order valence-electron chi connectivity index (χ0n) is 31.6. The number of anilines is 2. The molecule has 278 valence electrons. The lowest BCUT2D eigenvalue weighted by atomic mass is 9.64. The molecule has 0 radical (unpaired) electrons. The lowest BCUT2D eigenvalue weighted by Crippen LogP contribution is -2.58. The first-order valence-corrected chi connectivity index (χ1v) is 19.8. The van der Waals surface area contributed by atoms with Gasteiger partial charge in [0.25, 0.3) is 0 Å². The van der Waals surface area contributed by atoms with E-state index < -0.39 is 11.0 Å². The minimum Gasteiger partial charge on any atom is -0.444 e. The molecule has 0 atom stereocenters. The van der Waals surface area contributed by atoms with E-state index in [2.05, 4.69) is 57.8 Å². The number of imidazole rings is 1. The van der Waals surface area contributed by atoms with E-state index in [1.165, 1.54) is 32.4 Å². The number of hydrogen-bond donors (Lipinski definition) is 1. The van der Waals surface area contributed by atoms with Crippen molar-refractivity contribution < 1.29 is 19.1 Å². The summed E-state index contributed by atoms with van der Waals surface area (Å²) in [5.74, 6) is 1.08. The van der Waals surface area contributed by atoms with Gasteiger partial charge in [-0.2, -0.15) is 0 Å². The summed E-state index contributed by atoms with van der Waals surface area (Å²) in [5.41, 5.74) is 5.07. The number of fused-ring (bicyclic) bond motifs is 3. The van der Waals surface area contributed by atoms with Gasteiger partial charge in [-0.1, -0.05) is 18.6 Å². The predicted molar refractivity (Wildman–Crippen MR) is 202 cm³/mol. The maximum Gasteiger partial charge on any atom is 0.410 e. The number of hydrogen-bond acceptors (Lipinski definition) is 8. The molecular formula is C41H55N7O4. The summed E-state index contributed by atoms with van der Waals surface area (Å²) in [6.07, 6.45) is 10.9. The zero-order chi connectivity index (χ0) is 36.0. The number of aromatic nitrogens is 3. The highest BCUT2D eigenvalue weighted by Gasteiger charge is 2.56. The Morgan fingerprint density at radius 3 is 2.38 bits per heavy atom. The van der Waals surface area contributed by atoms with Gasteiger partial charge in [-0.15, -0.1) is 0 Å². The fourth-order valence-electron chi connectivity index (χ4n) is 9.95. The van der Waals surface area contributed by atoms with Crippen molar-refractivity contribution in [2.75, 3.05) is 49.6 Å². The van der Waals surface area contributed by atoms with Crippen LogP contribution in [0.2, 0.25) is 0 Å². The van der Waals surface area contributed by atoms with E-state index in [1.807, 2.05) is 27.1 Å². The van der Waals surface area contributed by atoms with E-state index >= 15 is 0 Å². The highest BCUT2D eigenvalue weighted by atomic mass is 16.6. The van der Waals surface area contributed by atoms with Gasteiger partial charge in [0, 0.05) is 53.9 Å². The Morgan fingerprint density at radius 2 is 1.73 bits per heavy atom. The number of ether oxygens (including phenoxy) is 2. The summed E-state index contributed by atoms with van der Waals surface area (Å²) in [6, 6.07) is 9.98. The first kappa shape index (κ1) is 34.1. The Morgan fingerprint density at radius 1 is 1.00 bits per heavy atom. The van der Waals surface area contributed by atoms with Crippen molar-refractivity contribution in [2.24, 2.45) is 5.41 Å². The van der Waals surface area contributed by atoms with Gasteiger partial charge in [0.1, 0.15) is 11.1 Å². The number of pyridine rings is 1.